The van der Waals surface area contributed by atoms with Gasteiger partial charge in [0.2, 0.25) is 0 Å². The normalized spacial score (nSPS) is 20.6. The fourth-order valence-electron chi connectivity index (χ4n) is 3.15. The minimum absolute atomic E-state index is 0.216. The highest BCUT2D eigenvalue weighted by Gasteiger charge is 2.25. The molecule has 0 aliphatic carbocycles. The lowest BCUT2D eigenvalue weighted by Gasteiger charge is -2.29. The van der Waals surface area contributed by atoms with Gasteiger partial charge in [0.25, 0.3) is 0 Å². The van der Waals surface area contributed by atoms with Gasteiger partial charge in [-0.3, -0.25) is 4.90 Å². The highest BCUT2D eigenvalue weighted by molar-refractivity contribution is 5.28. The second kappa shape index (κ2) is 6.28. The van der Waals surface area contributed by atoms with E-state index in [9.17, 15) is 0 Å². The van der Waals surface area contributed by atoms with Crippen molar-refractivity contribution in [3.05, 3.63) is 34.9 Å². The summed E-state index contributed by atoms with van der Waals surface area (Å²) in [4.78, 5) is 2.65. The van der Waals surface area contributed by atoms with Crippen LogP contribution in [0.3, 0.4) is 0 Å². The maximum atomic E-state index is 3.66. The average molecular weight is 274 g/mol. The standard InChI is InChI=1S/C18H30N2/c1-14-9-15(2)11-16(10-14)13-20-8-6-7-17(20)12-19-18(3,4)5/h9-11,17,19H,6-8,12-13H2,1-5H3. The Kier molecular flexibility index (Phi) is 4.87. The van der Waals surface area contributed by atoms with Crippen LogP contribution < -0.4 is 5.32 Å². The van der Waals surface area contributed by atoms with Crippen LogP contribution in [0.2, 0.25) is 0 Å². The second-order valence-electron chi connectivity index (χ2n) is 7.39. The van der Waals surface area contributed by atoms with Crippen LogP contribution in [0.15, 0.2) is 18.2 Å². The van der Waals surface area contributed by atoms with Crippen LogP contribution in [0.4, 0.5) is 0 Å². The van der Waals surface area contributed by atoms with Gasteiger partial charge in [-0.1, -0.05) is 29.3 Å². The zero-order chi connectivity index (χ0) is 14.8. The molecule has 0 saturated carbocycles. The topological polar surface area (TPSA) is 15.3 Å². The number of aryl methyl sites for hydroxylation is 2. The first-order valence-electron chi connectivity index (χ1n) is 7.90. The minimum atomic E-state index is 0.216. The Morgan fingerprint density at radius 3 is 2.40 bits per heavy atom. The largest absolute Gasteiger partial charge is 0.311 e. The monoisotopic (exact) mass is 274 g/mol. The number of hydrogen-bond acceptors (Lipinski definition) is 2. The molecular formula is C18H30N2. The van der Waals surface area contributed by atoms with Crippen LogP contribution in [0, 0.1) is 13.8 Å². The molecule has 1 aliphatic heterocycles. The van der Waals surface area contributed by atoms with E-state index in [1.165, 1.54) is 36.1 Å². The van der Waals surface area contributed by atoms with Crippen molar-refractivity contribution in [2.45, 2.75) is 65.6 Å². The fraction of sp³-hybridized carbons (Fsp3) is 0.667. The summed E-state index contributed by atoms with van der Waals surface area (Å²) in [6.45, 7) is 14.6. The quantitative estimate of drug-likeness (QED) is 0.901. The van der Waals surface area contributed by atoms with Crippen LogP contribution in [0.1, 0.15) is 50.3 Å². The Balaban J connectivity index is 1.97. The predicted molar refractivity (Wildman–Crippen MR) is 87.1 cm³/mol. The summed E-state index contributed by atoms with van der Waals surface area (Å²) in [5.41, 5.74) is 4.44. The molecule has 1 unspecified atom stereocenters. The molecule has 20 heavy (non-hydrogen) atoms. The molecule has 1 aromatic rings. The number of nitrogens with zero attached hydrogens (tertiary/aromatic N) is 1. The molecule has 1 heterocycles. The highest BCUT2D eigenvalue weighted by atomic mass is 15.2. The first-order chi connectivity index (χ1) is 9.33. The molecule has 0 spiro atoms. The first-order valence-corrected chi connectivity index (χ1v) is 7.90. The van der Waals surface area contributed by atoms with E-state index in [1.54, 1.807) is 0 Å². The van der Waals surface area contributed by atoms with Crippen molar-refractivity contribution >= 4 is 0 Å². The van der Waals surface area contributed by atoms with Crippen molar-refractivity contribution in [2.75, 3.05) is 13.1 Å². The van der Waals surface area contributed by atoms with Crippen LogP contribution >= 0.6 is 0 Å². The third-order valence-corrected chi connectivity index (χ3v) is 4.03. The van der Waals surface area contributed by atoms with Gasteiger partial charge in [-0.2, -0.15) is 0 Å². The lowest BCUT2D eigenvalue weighted by molar-refractivity contribution is 0.226. The molecular weight excluding hydrogens is 244 g/mol. The Morgan fingerprint density at radius 2 is 1.80 bits per heavy atom. The first kappa shape index (κ1) is 15.5. The molecule has 1 N–H and O–H groups in total. The van der Waals surface area contributed by atoms with E-state index in [-0.39, 0.29) is 5.54 Å². The molecule has 1 saturated heterocycles. The van der Waals surface area contributed by atoms with Gasteiger partial charge in [0, 0.05) is 24.7 Å². The molecule has 0 aromatic heterocycles. The summed E-state index contributed by atoms with van der Waals surface area (Å²) < 4.78 is 0. The molecule has 1 atom stereocenters. The van der Waals surface area contributed by atoms with E-state index in [4.69, 9.17) is 0 Å². The van der Waals surface area contributed by atoms with Gasteiger partial charge in [0.1, 0.15) is 0 Å². The summed E-state index contributed by atoms with van der Waals surface area (Å²) in [5.74, 6) is 0. The Morgan fingerprint density at radius 1 is 1.15 bits per heavy atom. The second-order valence-corrected chi connectivity index (χ2v) is 7.39. The van der Waals surface area contributed by atoms with Crippen LogP contribution in [0.5, 0.6) is 0 Å². The van der Waals surface area contributed by atoms with Crippen molar-refractivity contribution in [1.82, 2.24) is 10.2 Å². The molecule has 2 rings (SSSR count). The Labute approximate surface area is 124 Å². The number of hydrogen-bond donors (Lipinski definition) is 1. The molecule has 0 bridgehead atoms. The SMILES string of the molecule is Cc1cc(C)cc(CN2CCCC2CNC(C)(C)C)c1. The predicted octanol–water partition coefficient (Wildman–Crippen LogP) is 3.66. The number of rotatable bonds is 4. The Hall–Kier alpha value is -0.860. The van der Waals surface area contributed by atoms with E-state index in [0.29, 0.717) is 6.04 Å². The van der Waals surface area contributed by atoms with Crippen molar-refractivity contribution < 1.29 is 0 Å². The molecule has 1 aromatic carbocycles. The number of benzene rings is 1. The van der Waals surface area contributed by atoms with E-state index >= 15 is 0 Å². The van der Waals surface area contributed by atoms with Crippen LogP contribution in [-0.4, -0.2) is 29.6 Å². The van der Waals surface area contributed by atoms with Crippen LogP contribution in [-0.2, 0) is 6.54 Å². The number of likely N-dealkylation sites (tertiary alicyclic amines) is 1. The molecule has 112 valence electrons. The summed E-state index contributed by atoms with van der Waals surface area (Å²) in [5, 5.41) is 3.66. The fourth-order valence-corrected chi connectivity index (χ4v) is 3.15. The van der Waals surface area contributed by atoms with Gasteiger partial charge in [-0.25, -0.2) is 0 Å². The summed E-state index contributed by atoms with van der Waals surface area (Å²) in [6, 6.07) is 7.61. The van der Waals surface area contributed by atoms with E-state index in [2.05, 4.69) is 63.0 Å². The van der Waals surface area contributed by atoms with Gasteiger partial charge in [-0.15, -0.1) is 0 Å². The van der Waals surface area contributed by atoms with Crippen molar-refractivity contribution in [3.8, 4) is 0 Å². The third kappa shape index (κ3) is 4.60. The molecule has 0 radical (unpaired) electrons. The number of nitrogens with one attached hydrogen (secondary N) is 1. The van der Waals surface area contributed by atoms with E-state index in [0.717, 1.165) is 13.1 Å². The lowest BCUT2D eigenvalue weighted by atomic mass is 10.1. The van der Waals surface area contributed by atoms with Crippen LogP contribution in [0.25, 0.3) is 0 Å². The molecule has 0 amide bonds. The summed E-state index contributed by atoms with van der Waals surface area (Å²) in [7, 11) is 0. The highest BCUT2D eigenvalue weighted by Crippen LogP contribution is 2.21. The van der Waals surface area contributed by atoms with Crippen molar-refractivity contribution in [3.63, 3.8) is 0 Å². The smallest absolute Gasteiger partial charge is 0.0237 e. The molecule has 2 nitrogen and oxygen atoms in total. The van der Waals surface area contributed by atoms with Gasteiger partial charge < -0.3 is 5.32 Å². The van der Waals surface area contributed by atoms with Gasteiger partial charge in [0.15, 0.2) is 0 Å². The maximum Gasteiger partial charge on any atom is 0.0237 e. The van der Waals surface area contributed by atoms with Crippen molar-refractivity contribution in [2.24, 2.45) is 0 Å². The van der Waals surface area contributed by atoms with Gasteiger partial charge >= 0.3 is 0 Å². The molecule has 2 heteroatoms. The van der Waals surface area contributed by atoms with E-state index < -0.39 is 0 Å². The summed E-state index contributed by atoms with van der Waals surface area (Å²) >= 11 is 0. The van der Waals surface area contributed by atoms with Gasteiger partial charge in [0.05, 0.1) is 0 Å². The van der Waals surface area contributed by atoms with Crippen molar-refractivity contribution in [1.29, 1.82) is 0 Å². The summed E-state index contributed by atoms with van der Waals surface area (Å²) in [6.07, 6.45) is 2.66. The van der Waals surface area contributed by atoms with E-state index in [1.807, 2.05) is 0 Å². The molecule has 1 fully saturated rings. The zero-order valence-corrected chi connectivity index (χ0v) is 13.8. The third-order valence-electron chi connectivity index (χ3n) is 4.03. The lowest BCUT2D eigenvalue weighted by Crippen LogP contribution is -2.44. The zero-order valence-electron chi connectivity index (χ0n) is 13.8. The van der Waals surface area contributed by atoms with Gasteiger partial charge in [-0.05, 0) is 59.6 Å². The minimum Gasteiger partial charge on any atom is -0.311 e. The molecule has 1 aliphatic rings. The maximum absolute atomic E-state index is 3.66. The Bertz CT molecular complexity index is 425. The average Bonchev–Trinajstić information content (AvgIpc) is 2.71.